The molecule has 1 heterocycles. The summed E-state index contributed by atoms with van der Waals surface area (Å²) in [6, 6.07) is 9.94. The first-order chi connectivity index (χ1) is 8.20. The number of benzene rings is 1. The zero-order valence-corrected chi connectivity index (χ0v) is 10.3. The van der Waals surface area contributed by atoms with Crippen LogP contribution in [0.4, 0.5) is 21.7 Å². The van der Waals surface area contributed by atoms with Crippen LogP contribution < -0.4 is 16.6 Å². The molecule has 4 N–H and O–H groups in total. The fourth-order valence-corrected chi connectivity index (χ4v) is 1.77. The molecule has 0 aliphatic heterocycles. The molecule has 0 atom stereocenters. The molecule has 1 aromatic carbocycles. The number of halogens is 2. The van der Waals surface area contributed by atoms with Gasteiger partial charge in [0.15, 0.2) is 0 Å². The van der Waals surface area contributed by atoms with Crippen LogP contribution in [0.3, 0.4) is 0 Å². The highest BCUT2D eigenvalue weighted by molar-refractivity contribution is 9.10. The van der Waals surface area contributed by atoms with Crippen LogP contribution in [0.1, 0.15) is 0 Å². The van der Waals surface area contributed by atoms with Gasteiger partial charge in [0.05, 0.1) is 5.69 Å². The Labute approximate surface area is 106 Å². The molecule has 0 aliphatic rings. The van der Waals surface area contributed by atoms with Gasteiger partial charge in [0.25, 0.3) is 0 Å². The van der Waals surface area contributed by atoms with Crippen LogP contribution >= 0.6 is 15.9 Å². The van der Waals surface area contributed by atoms with Crippen molar-refractivity contribution in [3.8, 4) is 0 Å². The van der Waals surface area contributed by atoms with E-state index in [1.165, 1.54) is 6.07 Å². The number of nitrogen functional groups attached to an aromatic ring is 1. The number of para-hydroxylation sites is 1. The lowest BCUT2D eigenvalue weighted by molar-refractivity contribution is 0.631. The number of hydrogen-bond donors (Lipinski definition) is 3. The Kier molecular flexibility index (Phi) is 3.55. The highest BCUT2D eigenvalue weighted by atomic mass is 79.9. The summed E-state index contributed by atoms with van der Waals surface area (Å²) in [7, 11) is 0. The summed E-state index contributed by atoms with van der Waals surface area (Å²) in [6.07, 6.45) is 0. The lowest BCUT2D eigenvalue weighted by Crippen LogP contribution is -2.09. The first kappa shape index (κ1) is 11.8. The largest absolute Gasteiger partial charge is 0.337 e. The van der Waals surface area contributed by atoms with Gasteiger partial charge in [-0.2, -0.15) is 0 Å². The van der Waals surface area contributed by atoms with Crippen LogP contribution in [0.25, 0.3) is 0 Å². The number of anilines is 3. The minimum absolute atomic E-state index is 0.342. The molecule has 88 valence electrons. The maximum Gasteiger partial charge on any atom is 0.147 e. The third-order valence-corrected chi connectivity index (χ3v) is 2.77. The van der Waals surface area contributed by atoms with E-state index in [0.29, 0.717) is 21.8 Å². The van der Waals surface area contributed by atoms with Crippen molar-refractivity contribution in [2.24, 2.45) is 5.84 Å². The van der Waals surface area contributed by atoms with E-state index in [1.807, 2.05) is 0 Å². The van der Waals surface area contributed by atoms with Gasteiger partial charge in [0, 0.05) is 4.47 Å². The van der Waals surface area contributed by atoms with Crippen LogP contribution in [-0.4, -0.2) is 4.98 Å². The highest BCUT2D eigenvalue weighted by Gasteiger charge is 2.07. The van der Waals surface area contributed by atoms with E-state index >= 15 is 0 Å². The molecule has 17 heavy (non-hydrogen) atoms. The molecule has 0 bridgehead atoms. The molecule has 0 saturated carbocycles. The number of rotatable bonds is 3. The summed E-state index contributed by atoms with van der Waals surface area (Å²) < 4.78 is 14.2. The molecule has 0 spiro atoms. The predicted octanol–water partition coefficient (Wildman–Crippen LogP) is 3.01. The summed E-state index contributed by atoms with van der Waals surface area (Å²) in [6.45, 7) is 0. The number of pyridine rings is 1. The van der Waals surface area contributed by atoms with Gasteiger partial charge in [-0.1, -0.05) is 12.1 Å². The maximum absolute atomic E-state index is 13.6. The Bertz CT molecular complexity index is 512. The second kappa shape index (κ2) is 5.11. The Hall–Kier alpha value is -1.66. The summed E-state index contributed by atoms with van der Waals surface area (Å²) in [5, 5.41) is 2.89. The van der Waals surface area contributed by atoms with E-state index in [4.69, 9.17) is 5.84 Å². The molecule has 4 nitrogen and oxygen atoms in total. The SMILES string of the molecule is NNc1cccc(Nc2c(F)cccc2Br)n1. The van der Waals surface area contributed by atoms with Gasteiger partial charge in [0.2, 0.25) is 0 Å². The minimum atomic E-state index is -0.354. The van der Waals surface area contributed by atoms with Gasteiger partial charge in [-0.25, -0.2) is 15.2 Å². The Morgan fingerprint density at radius 2 is 1.82 bits per heavy atom. The van der Waals surface area contributed by atoms with Gasteiger partial charge < -0.3 is 10.7 Å². The molecule has 1 aromatic heterocycles. The molecule has 0 amide bonds. The lowest BCUT2D eigenvalue weighted by atomic mass is 10.3. The number of aromatic nitrogens is 1. The van der Waals surface area contributed by atoms with Gasteiger partial charge in [-0.3, -0.25) is 0 Å². The average Bonchev–Trinajstić information content (AvgIpc) is 2.34. The zero-order valence-electron chi connectivity index (χ0n) is 8.74. The summed E-state index contributed by atoms with van der Waals surface area (Å²) in [5.74, 6) is 5.90. The molecule has 2 rings (SSSR count). The fourth-order valence-electron chi connectivity index (χ4n) is 1.33. The summed E-state index contributed by atoms with van der Waals surface area (Å²) >= 11 is 3.27. The number of nitrogens with one attached hydrogen (secondary N) is 2. The summed E-state index contributed by atoms with van der Waals surface area (Å²) in [4.78, 5) is 4.13. The van der Waals surface area contributed by atoms with Gasteiger partial charge in [-0.15, -0.1) is 0 Å². The average molecular weight is 297 g/mol. The van der Waals surface area contributed by atoms with E-state index in [1.54, 1.807) is 30.3 Å². The maximum atomic E-state index is 13.6. The fraction of sp³-hybridized carbons (Fsp3) is 0. The molecular weight excluding hydrogens is 287 g/mol. The van der Waals surface area contributed by atoms with Crippen molar-refractivity contribution < 1.29 is 4.39 Å². The molecule has 0 radical (unpaired) electrons. The third kappa shape index (κ3) is 2.72. The monoisotopic (exact) mass is 296 g/mol. The second-order valence-corrected chi connectivity index (χ2v) is 4.13. The number of hydrogen-bond acceptors (Lipinski definition) is 4. The second-order valence-electron chi connectivity index (χ2n) is 3.27. The van der Waals surface area contributed by atoms with Crippen molar-refractivity contribution in [3.63, 3.8) is 0 Å². The van der Waals surface area contributed by atoms with Crippen LogP contribution in [-0.2, 0) is 0 Å². The van der Waals surface area contributed by atoms with Crippen LogP contribution in [0.2, 0.25) is 0 Å². The first-order valence-corrected chi connectivity index (χ1v) is 5.64. The van der Waals surface area contributed by atoms with Crippen LogP contribution in [0, 0.1) is 5.82 Å². The Balaban J connectivity index is 2.31. The molecule has 0 unspecified atom stereocenters. The van der Waals surface area contributed by atoms with Crippen LogP contribution in [0.15, 0.2) is 40.9 Å². The van der Waals surface area contributed by atoms with Crippen molar-refractivity contribution >= 4 is 33.3 Å². The summed E-state index contributed by atoms with van der Waals surface area (Å²) in [5.41, 5.74) is 2.77. The van der Waals surface area contributed by atoms with Gasteiger partial charge in [-0.05, 0) is 40.2 Å². The van der Waals surface area contributed by atoms with E-state index in [-0.39, 0.29) is 5.82 Å². The van der Waals surface area contributed by atoms with Crippen molar-refractivity contribution in [2.45, 2.75) is 0 Å². The molecular formula is C11H10BrFN4. The topological polar surface area (TPSA) is 63.0 Å². The zero-order chi connectivity index (χ0) is 12.3. The van der Waals surface area contributed by atoms with Crippen molar-refractivity contribution in [2.75, 3.05) is 10.7 Å². The van der Waals surface area contributed by atoms with E-state index in [9.17, 15) is 4.39 Å². The molecule has 0 saturated heterocycles. The molecule has 2 aromatic rings. The molecule has 0 fully saturated rings. The van der Waals surface area contributed by atoms with Crippen LogP contribution in [0.5, 0.6) is 0 Å². The van der Waals surface area contributed by atoms with Crippen molar-refractivity contribution in [1.82, 2.24) is 4.98 Å². The van der Waals surface area contributed by atoms with Gasteiger partial charge in [0.1, 0.15) is 17.5 Å². The third-order valence-electron chi connectivity index (χ3n) is 2.11. The quantitative estimate of drug-likeness (QED) is 0.602. The number of nitrogens with zero attached hydrogens (tertiary/aromatic N) is 1. The standard InChI is InChI=1S/C11H10BrFN4/c12-7-3-1-4-8(13)11(7)16-9-5-2-6-10(15-9)17-14/h1-6H,14H2,(H2,15,16,17). The highest BCUT2D eigenvalue weighted by Crippen LogP contribution is 2.27. The molecule has 6 heteroatoms. The van der Waals surface area contributed by atoms with E-state index in [2.05, 4.69) is 31.7 Å². The van der Waals surface area contributed by atoms with E-state index < -0.39 is 0 Å². The first-order valence-electron chi connectivity index (χ1n) is 4.85. The normalized spacial score (nSPS) is 10.1. The Morgan fingerprint density at radius 1 is 1.12 bits per heavy atom. The van der Waals surface area contributed by atoms with Crippen molar-refractivity contribution in [3.05, 3.63) is 46.7 Å². The molecule has 0 aliphatic carbocycles. The van der Waals surface area contributed by atoms with Crippen molar-refractivity contribution in [1.29, 1.82) is 0 Å². The number of hydrazine groups is 1. The Morgan fingerprint density at radius 3 is 2.53 bits per heavy atom. The van der Waals surface area contributed by atoms with Gasteiger partial charge >= 0.3 is 0 Å². The predicted molar refractivity (Wildman–Crippen MR) is 69.4 cm³/mol. The lowest BCUT2D eigenvalue weighted by Gasteiger charge is -2.09. The number of nitrogens with two attached hydrogens (primary N) is 1. The van der Waals surface area contributed by atoms with E-state index in [0.717, 1.165) is 0 Å². The minimum Gasteiger partial charge on any atom is -0.337 e. The smallest absolute Gasteiger partial charge is 0.147 e.